The van der Waals surface area contributed by atoms with Gasteiger partial charge in [-0.15, -0.1) is 0 Å². The lowest BCUT2D eigenvalue weighted by Crippen LogP contribution is -2.09. The van der Waals surface area contributed by atoms with E-state index >= 15 is 0 Å². The van der Waals surface area contributed by atoms with Gasteiger partial charge in [-0.1, -0.05) is 12.1 Å². The van der Waals surface area contributed by atoms with E-state index in [1.54, 1.807) is 7.11 Å². The van der Waals surface area contributed by atoms with Gasteiger partial charge in [0, 0.05) is 0 Å². The van der Waals surface area contributed by atoms with Crippen molar-refractivity contribution < 1.29 is 14.3 Å². The van der Waals surface area contributed by atoms with E-state index in [1.165, 1.54) is 0 Å². The molecule has 0 bridgehead atoms. The molecule has 0 saturated heterocycles. The first-order valence-corrected chi connectivity index (χ1v) is 6.06. The van der Waals surface area contributed by atoms with Crippen LogP contribution in [-0.2, 0) is 4.79 Å². The van der Waals surface area contributed by atoms with Crippen LogP contribution in [0, 0.1) is 5.92 Å². The summed E-state index contributed by atoms with van der Waals surface area (Å²) < 4.78 is 10.5. The molecule has 0 heterocycles. The third kappa shape index (κ3) is 2.16. The fourth-order valence-corrected chi connectivity index (χ4v) is 1.91. The SMILES string of the molecule is COc1ccc2ccc(OC(=O)C3CC3)cc2c1. The molecule has 1 saturated carbocycles. The van der Waals surface area contributed by atoms with Gasteiger partial charge in [-0.2, -0.15) is 0 Å². The molecule has 0 spiro atoms. The van der Waals surface area contributed by atoms with Crippen molar-refractivity contribution in [3.8, 4) is 11.5 Å². The quantitative estimate of drug-likeness (QED) is 0.612. The fourth-order valence-electron chi connectivity index (χ4n) is 1.91. The Balaban J connectivity index is 1.90. The van der Waals surface area contributed by atoms with Crippen molar-refractivity contribution in [2.75, 3.05) is 7.11 Å². The van der Waals surface area contributed by atoms with Gasteiger partial charge in [0.1, 0.15) is 11.5 Å². The Labute approximate surface area is 105 Å². The second kappa shape index (κ2) is 4.33. The van der Waals surface area contributed by atoms with Crippen LogP contribution in [0.4, 0.5) is 0 Å². The molecule has 0 aromatic heterocycles. The van der Waals surface area contributed by atoms with E-state index in [2.05, 4.69) is 0 Å². The highest BCUT2D eigenvalue weighted by molar-refractivity contribution is 5.86. The highest BCUT2D eigenvalue weighted by atomic mass is 16.5. The van der Waals surface area contributed by atoms with E-state index in [9.17, 15) is 4.79 Å². The van der Waals surface area contributed by atoms with Gasteiger partial charge in [-0.3, -0.25) is 4.79 Å². The standard InChI is InChI=1S/C15H14O3/c1-17-13-6-4-10-5-7-14(9-12(10)8-13)18-15(16)11-2-3-11/h4-9,11H,2-3H2,1H3. The molecule has 1 aliphatic carbocycles. The summed E-state index contributed by atoms with van der Waals surface area (Å²) in [4.78, 5) is 11.6. The molecule has 1 aliphatic rings. The number of benzene rings is 2. The monoisotopic (exact) mass is 242 g/mol. The number of esters is 1. The van der Waals surface area contributed by atoms with Gasteiger partial charge in [0.25, 0.3) is 0 Å². The number of rotatable bonds is 3. The molecule has 3 heteroatoms. The zero-order chi connectivity index (χ0) is 12.5. The van der Waals surface area contributed by atoms with E-state index in [0.29, 0.717) is 5.75 Å². The van der Waals surface area contributed by atoms with Crippen molar-refractivity contribution in [3.05, 3.63) is 36.4 Å². The maximum absolute atomic E-state index is 11.6. The van der Waals surface area contributed by atoms with Crippen molar-refractivity contribution in [2.45, 2.75) is 12.8 Å². The number of hydrogen-bond acceptors (Lipinski definition) is 3. The van der Waals surface area contributed by atoms with Crippen LogP contribution >= 0.6 is 0 Å². The summed E-state index contributed by atoms with van der Waals surface area (Å²) >= 11 is 0. The summed E-state index contributed by atoms with van der Waals surface area (Å²) in [5.74, 6) is 1.41. The van der Waals surface area contributed by atoms with E-state index in [-0.39, 0.29) is 11.9 Å². The summed E-state index contributed by atoms with van der Waals surface area (Å²) in [6, 6.07) is 11.5. The molecule has 0 radical (unpaired) electrons. The van der Waals surface area contributed by atoms with Gasteiger partial charge >= 0.3 is 5.97 Å². The van der Waals surface area contributed by atoms with Gasteiger partial charge < -0.3 is 9.47 Å². The number of methoxy groups -OCH3 is 1. The Hall–Kier alpha value is -2.03. The molecule has 2 aromatic rings. The normalized spacial score (nSPS) is 14.5. The van der Waals surface area contributed by atoms with E-state index in [4.69, 9.17) is 9.47 Å². The van der Waals surface area contributed by atoms with Crippen LogP contribution in [0.2, 0.25) is 0 Å². The molecule has 3 nitrogen and oxygen atoms in total. The molecule has 3 rings (SSSR count). The van der Waals surface area contributed by atoms with Gasteiger partial charge in [0.15, 0.2) is 0 Å². The zero-order valence-electron chi connectivity index (χ0n) is 10.2. The second-order valence-corrected chi connectivity index (χ2v) is 4.57. The van der Waals surface area contributed by atoms with E-state index in [0.717, 1.165) is 29.4 Å². The highest BCUT2D eigenvalue weighted by Gasteiger charge is 2.31. The third-order valence-corrected chi connectivity index (χ3v) is 3.15. The van der Waals surface area contributed by atoms with Crippen LogP contribution in [0.15, 0.2) is 36.4 Å². The third-order valence-electron chi connectivity index (χ3n) is 3.15. The maximum Gasteiger partial charge on any atom is 0.314 e. The lowest BCUT2D eigenvalue weighted by atomic mass is 10.1. The predicted molar refractivity (Wildman–Crippen MR) is 68.9 cm³/mol. The van der Waals surface area contributed by atoms with Gasteiger partial charge in [-0.05, 0) is 47.9 Å². The topological polar surface area (TPSA) is 35.5 Å². The van der Waals surface area contributed by atoms with Crippen LogP contribution in [0.1, 0.15) is 12.8 Å². The first-order chi connectivity index (χ1) is 8.76. The number of ether oxygens (including phenoxy) is 2. The Morgan fingerprint density at radius 1 is 1.06 bits per heavy atom. The van der Waals surface area contributed by atoms with Crippen molar-refractivity contribution in [2.24, 2.45) is 5.92 Å². The molecule has 0 atom stereocenters. The minimum Gasteiger partial charge on any atom is -0.497 e. The van der Waals surface area contributed by atoms with Crippen LogP contribution in [-0.4, -0.2) is 13.1 Å². The zero-order valence-corrected chi connectivity index (χ0v) is 10.2. The van der Waals surface area contributed by atoms with Crippen LogP contribution < -0.4 is 9.47 Å². The lowest BCUT2D eigenvalue weighted by Gasteiger charge is -2.06. The number of carbonyl (C=O) groups is 1. The molecule has 0 amide bonds. The maximum atomic E-state index is 11.6. The predicted octanol–water partition coefficient (Wildman–Crippen LogP) is 3.16. The summed E-state index contributed by atoms with van der Waals surface area (Å²) in [7, 11) is 1.64. The Kier molecular flexibility index (Phi) is 2.67. The molecule has 92 valence electrons. The van der Waals surface area contributed by atoms with Crippen molar-refractivity contribution >= 4 is 16.7 Å². The minimum absolute atomic E-state index is 0.114. The van der Waals surface area contributed by atoms with Crippen LogP contribution in [0.5, 0.6) is 11.5 Å². The van der Waals surface area contributed by atoms with Crippen molar-refractivity contribution in [3.63, 3.8) is 0 Å². The number of fused-ring (bicyclic) bond motifs is 1. The lowest BCUT2D eigenvalue weighted by molar-refractivity contribution is -0.135. The van der Waals surface area contributed by atoms with Crippen molar-refractivity contribution in [1.82, 2.24) is 0 Å². The molecule has 2 aromatic carbocycles. The summed E-state index contributed by atoms with van der Waals surface area (Å²) in [5.41, 5.74) is 0. The Morgan fingerprint density at radius 2 is 1.72 bits per heavy atom. The second-order valence-electron chi connectivity index (χ2n) is 4.57. The largest absolute Gasteiger partial charge is 0.497 e. The van der Waals surface area contributed by atoms with E-state index < -0.39 is 0 Å². The van der Waals surface area contributed by atoms with Gasteiger partial charge in [0.2, 0.25) is 0 Å². The molecule has 1 fully saturated rings. The number of hydrogen-bond donors (Lipinski definition) is 0. The molecular formula is C15H14O3. The van der Waals surface area contributed by atoms with Gasteiger partial charge in [0.05, 0.1) is 13.0 Å². The van der Waals surface area contributed by atoms with Gasteiger partial charge in [-0.25, -0.2) is 0 Å². The average molecular weight is 242 g/mol. The first-order valence-electron chi connectivity index (χ1n) is 6.06. The van der Waals surface area contributed by atoms with Crippen LogP contribution in [0.3, 0.4) is 0 Å². The molecule has 18 heavy (non-hydrogen) atoms. The molecule has 0 N–H and O–H groups in total. The first kappa shape index (κ1) is 11.1. The Morgan fingerprint density at radius 3 is 2.39 bits per heavy atom. The summed E-state index contributed by atoms with van der Waals surface area (Å²) in [6.07, 6.45) is 1.92. The van der Waals surface area contributed by atoms with Crippen molar-refractivity contribution in [1.29, 1.82) is 0 Å². The minimum atomic E-state index is -0.114. The van der Waals surface area contributed by atoms with E-state index in [1.807, 2.05) is 36.4 Å². The summed E-state index contributed by atoms with van der Waals surface area (Å²) in [6.45, 7) is 0. The Bertz CT molecular complexity index is 600. The fraction of sp³-hybridized carbons (Fsp3) is 0.267. The highest BCUT2D eigenvalue weighted by Crippen LogP contribution is 2.31. The molecule has 0 aliphatic heterocycles. The average Bonchev–Trinajstić information content (AvgIpc) is 3.22. The summed E-state index contributed by atoms with van der Waals surface area (Å²) in [5, 5.41) is 2.11. The smallest absolute Gasteiger partial charge is 0.314 e. The van der Waals surface area contributed by atoms with Crippen LogP contribution in [0.25, 0.3) is 10.8 Å². The number of carbonyl (C=O) groups excluding carboxylic acids is 1. The molecule has 0 unspecified atom stereocenters. The molecular weight excluding hydrogens is 228 g/mol.